The van der Waals surface area contributed by atoms with Gasteiger partial charge in [0.25, 0.3) is 0 Å². The fourth-order valence-electron chi connectivity index (χ4n) is 6.96. The van der Waals surface area contributed by atoms with E-state index in [1.807, 2.05) is 33.9 Å². The maximum absolute atomic E-state index is 11.7. The Kier molecular flexibility index (Phi) is 12.6. The van der Waals surface area contributed by atoms with E-state index in [1.54, 1.807) is 0 Å². The second kappa shape index (κ2) is 14.7. The first-order valence-corrected chi connectivity index (χ1v) is 16.0. The molecular formula is C39H54IrNO2-. The van der Waals surface area contributed by atoms with Gasteiger partial charge in [-0.3, -0.25) is 9.78 Å². The molecule has 3 aromatic rings. The number of aliphatic hydroxyl groups is 1. The Bertz CT molecular complexity index is 1420. The summed E-state index contributed by atoms with van der Waals surface area (Å²) in [6.45, 7) is 24.4. The standard InChI is InChI=1S/C26H30N.C13H24O2.Ir/c1-24(2,3)21-15-18(14-17-10-8-9-11-19(17)21)23-22-20(12-13-27-23)25(4,5)16-26(22,6)7;1-5-10(6-2)12(14)9-13(15)11(7-3)8-4;/h8-13,15H,16H2,1-7H3;9-11,14H,5-8H2,1-4H3;/q-1;;/b;12-9-;. The van der Waals surface area contributed by atoms with E-state index in [0.29, 0.717) is 0 Å². The zero-order chi connectivity index (χ0) is 31.5. The maximum Gasteiger partial charge on any atom is 0.162 e. The van der Waals surface area contributed by atoms with E-state index in [9.17, 15) is 9.90 Å². The molecule has 0 atom stereocenters. The molecule has 2 aromatic carbocycles. The molecule has 0 bridgehead atoms. The average molecular weight is 761 g/mol. The molecule has 1 aliphatic rings. The first-order chi connectivity index (χ1) is 19.6. The zero-order valence-electron chi connectivity index (χ0n) is 28.4. The van der Waals surface area contributed by atoms with Crippen LogP contribution in [0.2, 0.25) is 0 Å². The topological polar surface area (TPSA) is 50.2 Å². The van der Waals surface area contributed by atoms with Gasteiger partial charge in [0, 0.05) is 49.9 Å². The number of carbonyl (C=O) groups is 1. The number of pyridine rings is 1. The Balaban J connectivity index is 0.000000348. The minimum Gasteiger partial charge on any atom is -0.512 e. The number of aromatic nitrogens is 1. The number of benzene rings is 2. The molecular weight excluding hydrogens is 707 g/mol. The number of ketones is 1. The van der Waals surface area contributed by atoms with Crippen LogP contribution >= 0.6 is 0 Å². The molecule has 0 saturated carbocycles. The number of fused-ring (bicyclic) bond motifs is 2. The smallest absolute Gasteiger partial charge is 0.162 e. The summed E-state index contributed by atoms with van der Waals surface area (Å²) in [6.07, 6.45) is 8.04. The van der Waals surface area contributed by atoms with Gasteiger partial charge in [0.1, 0.15) is 0 Å². The van der Waals surface area contributed by atoms with Gasteiger partial charge in [-0.1, -0.05) is 105 Å². The number of allylic oxidation sites excluding steroid dienone is 2. The molecule has 0 fully saturated rings. The summed E-state index contributed by atoms with van der Waals surface area (Å²) in [5.41, 5.74) is 6.81. The Morgan fingerprint density at radius 3 is 2.09 bits per heavy atom. The molecule has 0 amide bonds. The molecule has 1 radical (unpaired) electrons. The molecule has 0 aliphatic heterocycles. The predicted molar refractivity (Wildman–Crippen MR) is 179 cm³/mol. The SMILES string of the molecule is CC(C)(C)c1cc(-c2nccc3c2C(C)(C)CC3(C)C)[c-]c2ccccc12.CCC(CC)C(=O)/C=C(\O)C(CC)CC.[Ir]. The van der Waals surface area contributed by atoms with Gasteiger partial charge in [0.05, 0.1) is 5.76 Å². The summed E-state index contributed by atoms with van der Waals surface area (Å²) < 4.78 is 0. The van der Waals surface area contributed by atoms with Crippen molar-refractivity contribution < 1.29 is 30.0 Å². The molecule has 43 heavy (non-hydrogen) atoms. The van der Waals surface area contributed by atoms with Crippen LogP contribution in [0.15, 0.2) is 54.4 Å². The van der Waals surface area contributed by atoms with Gasteiger partial charge in [0.2, 0.25) is 0 Å². The Morgan fingerprint density at radius 1 is 0.953 bits per heavy atom. The molecule has 1 aliphatic carbocycles. The van der Waals surface area contributed by atoms with Crippen LogP contribution in [0.4, 0.5) is 0 Å². The first kappa shape index (κ1) is 36.9. The van der Waals surface area contributed by atoms with Crippen molar-refractivity contribution in [1.29, 1.82) is 0 Å². The number of aliphatic hydroxyl groups excluding tert-OH is 1. The second-order valence-corrected chi connectivity index (χ2v) is 14.4. The summed E-state index contributed by atoms with van der Waals surface area (Å²) in [4.78, 5) is 16.6. The van der Waals surface area contributed by atoms with Crippen LogP contribution in [0.3, 0.4) is 0 Å². The van der Waals surface area contributed by atoms with Crippen LogP contribution in [-0.4, -0.2) is 15.9 Å². The van der Waals surface area contributed by atoms with Crippen LogP contribution in [0.1, 0.15) is 125 Å². The Hall–Kier alpha value is -2.29. The Labute approximate surface area is 275 Å². The van der Waals surface area contributed by atoms with E-state index < -0.39 is 0 Å². The van der Waals surface area contributed by atoms with E-state index >= 15 is 0 Å². The molecule has 0 spiro atoms. The minimum atomic E-state index is 0. The number of carbonyl (C=O) groups excluding carboxylic acids is 1. The van der Waals surface area contributed by atoms with E-state index in [4.69, 9.17) is 4.98 Å². The van der Waals surface area contributed by atoms with Crippen molar-refractivity contribution in [2.24, 2.45) is 11.8 Å². The summed E-state index contributed by atoms with van der Waals surface area (Å²) in [5.74, 6) is 0.547. The fraction of sp³-hybridized carbons (Fsp3) is 0.538. The molecule has 4 rings (SSSR count). The molecule has 1 N–H and O–H groups in total. The molecule has 0 saturated heterocycles. The van der Waals surface area contributed by atoms with Gasteiger partial charge in [-0.2, -0.15) is 0 Å². The quantitative estimate of drug-likeness (QED) is 0.141. The van der Waals surface area contributed by atoms with E-state index in [1.165, 1.54) is 33.5 Å². The largest absolute Gasteiger partial charge is 0.512 e. The molecule has 4 heteroatoms. The third kappa shape index (κ3) is 8.25. The number of hydrogen-bond donors (Lipinski definition) is 1. The molecule has 0 unspecified atom stereocenters. The van der Waals surface area contributed by atoms with Crippen molar-refractivity contribution in [3.05, 3.63) is 77.2 Å². The van der Waals surface area contributed by atoms with Crippen LogP contribution in [-0.2, 0) is 41.1 Å². The maximum atomic E-state index is 11.7. The van der Waals surface area contributed by atoms with Crippen LogP contribution in [0.5, 0.6) is 0 Å². The minimum absolute atomic E-state index is 0. The van der Waals surface area contributed by atoms with Crippen molar-refractivity contribution in [1.82, 2.24) is 4.98 Å². The average Bonchev–Trinajstić information content (AvgIpc) is 3.12. The third-order valence-electron chi connectivity index (χ3n) is 9.16. The molecule has 237 valence electrons. The number of nitrogens with zero attached hydrogens (tertiary/aromatic N) is 1. The number of hydrogen-bond acceptors (Lipinski definition) is 3. The van der Waals surface area contributed by atoms with Crippen LogP contribution < -0.4 is 0 Å². The van der Waals surface area contributed by atoms with Crippen LogP contribution in [0, 0.1) is 17.9 Å². The van der Waals surface area contributed by atoms with Crippen molar-refractivity contribution in [2.75, 3.05) is 0 Å². The van der Waals surface area contributed by atoms with Crippen molar-refractivity contribution in [2.45, 2.75) is 125 Å². The van der Waals surface area contributed by atoms with Gasteiger partial charge < -0.3 is 5.11 Å². The Morgan fingerprint density at radius 2 is 1.53 bits per heavy atom. The van der Waals surface area contributed by atoms with Gasteiger partial charge in [-0.25, -0.2) is 0 Å². The van der Waals surface area contributed by atoms with E-state index in [2.05, 4.69) is 90.9 Å². The van der Waals surface area contributed by atoms with Gasteiger partial charge in [-0.15, -0.1) is 29.1 Å². The van der Waals surface area contributed by atoms with E-state index in [-0.39, 0.29) is 59.7 Å². The third-order valence-corrected chi connectivity index (χ3v) is 9.16. The van der Waals surface area contributed by atoms with Gasteiger partial charge in [-0.05, 0) is 65.5 Å². The summed E-state index contributed by atoms with van der Waals surface area (Å²) >= 11 is 0. The van der Waals surface area contributed by atoms with Crippen LogP contribution in [0.25, 0.3) is 22.0 Å². The van der Waals surface area contributed by atoms with Gasteiger partial charge >= 0.3 is 0 Å². The first-order valence-electron chi connectivity index (χ1n) is 16.0. The second-order valence-electron chi connectivity index (χ2n) is 14.4. The summed E-state index contributed by atoms with van der Waals surface area (Å²) in [5, 5.41) is 12.2. The van der Waals surface area contributed by atoms with Crippen molar-refractivity contribution >= 4 is 16.6 Å². The van der Waals surface area contributed by atoms with E-state index in [0.717, 1.165) is 43.4 Å². The normalized spacial score (nSPS) is 15.6. The summed E-state index contributed by atoms with van der Waals surface area (Å²) in [6, 6.07) is 16.8. The van der Waals surface area contributed by atoms with Crippen molar-refractivity contribution in [3.8, 4) is 11.3 Å². The zero-order valence-corrected chi connectivity index (χ0v) is 30.8. The molecule has 3 nitrogen and oxygen atoms in total. The summed E-state index contributed by atoms with van der Waals surface area (Å²) in [7, 11) is 0. The number of rotatable bonds is 8. The molecule has 1 heterocycles. The fourth-order valence-corrected chi connectivity index (χ4v) is 6.96. The van der Waals surface area contributed by atoms with Gasteiger partial charge in [0.15, 0.2) is 5.78 Å². The van der Waals surface area contributed by atoms with Crippen molar-refractivity contribution in [3.63, 3.8) is 0 Å². The molecule has 1 aromatic heterocycles. The monoisotopic (exact) mass is 761 g/mol. The predicted octanol–water partition coefficient (Wildman–Crippen LogP) is 10.8.